The lowest BCUT2D eigenvalue weighted by Gasteiger charge is -2.11. The molecule has 0 spiro atoms. The number of rotatable bonds is 6. The number of nitrogens with one attached hydrogen (secondary N) is 2. The van der Waals surface area contributed by atoms with Crippen molar-refractivity contribution in [3.8, 4) is 0 Å². The van der Waals surface area contributed by atoms with E-state index in [2.05, 4.69) is 10.6 Å². The van der Waals surface area contributed by atoms with E-state index < -0.39 is 5.97 Å². The van der Waals surface area contributed by atoms with Crippen LogP contribution in [0.5, 0.6) is 0 Å². The summed E-state index contributed by atoms with van der Waals surface area (Å²) in [6.07, 6.45) is 5.64. The highest BCUT2D eigenvalue weighted by molar-refractivity contribution is 5.74. The monoisotopic (exact) mass is 266 g/mol. The summed E-state index contributed by atoms with van der Waals surface area (Å²) in [5.41, 5.74) is 0. The van der Waals surface area contributed by atoms with Gasteiger partial charge >= 0.3 is 12.0 Å². The first-order chi connectivity index (χ1) is 9.16. The van der Waals surface area contributed by atoms with E-state index in [1.807, 2.05) is 0 Å². The van der Waals surface area contributed by atoms with E-state index in [9.17, 15) is 9.59 Å². The van der Waals surface area contributed by atoms with Crippen molar-refractivity contribution in [2.24, 2.45) is 23.7 Å². The van der Waals surface area contributed by atoms with Crippen molar-refractivity contribution in [2.45, 2.75) is 44.6 Å². The number of hydrogen-bond donors (Lipinski definition) is 3. The standard InChI is InChI=1S/C14H22N2O3/c17-10(18)3-1-2-6-15-14(19)16-13-11-8-4-5-9(7-8)12(11)13/h8-9,11-13H,1-7H2,(H,17,18)(H2,15,16,19). The summed E-state index contributed by atoms with van der Waals surface area (Å²) in [5, 5.41) is 14.4. The number of hydrogen-bond acceptors (Lipinski definition) is 2. The van der Waals surface area contributed by atoms with Gasteiger partial charge in [0, 0.05) is 19.0 Å². The van der Waals surface area contributed by atoms with Gasteiger partial charge in [-0.1, -0.05) is 0 Å². The number of carboxylic acid groups (broad SMARTS) is 1. The van der Waals surface area contributed by atoms with Crippen LogP contribution in [0.4, 0.5) is 4.79 Å². The van der Waals surface area contributed by atoms with Crippen LogP contribution in [0.3, 0.4) is 0 Å². The molecule has 0 radical (unpaired) electrons. The quantitative estimate of drug-likeness (QED) is 0.639. The molecule has 0 aromatic rings. The van der Waals surface area contributed by atoms with Gasteiger partial charge in [0.15, 0.2) is 0 Å². The SMILES string of the molecule is O=C(O)CCCCNC(=O)NC1C2C3CCC(C3)C12. The maximum absolute atomic E-state index is 11.7. The third-order valence-corrected chi connectivity index (χ3v) is 5.14. The maximum atomic E-state index is 11.7. The minimum atomic E-state index is -0.772. The van der Waals surface area contributed by atoms with E-state index in [4.69, 9.17) is 5.11 Å². The van der Waals surface area contributed by atoms with Crippen molar-refractivity contribution in [3.05, 3.63) is 0 Å². The van der Waals surface area contributed by atoms with Crippen molar-refractivity contribution < 1.29 is 14.7 Å². The van der Waals surface area contributed by atoms with E-state index in [0.29, 0.717) is 19.0 Å². The van der Waals surface area contributed by atoms with E-state index in [1.54, 1.807) is 0 Å². The molecule has 3 fully saturated rings. The summed E-state index contributed by atoms with van der Waals surface area (Å²) in [5.74, 6) is 2.49. The Balaban J connectivity index is 1.30. The summed E-state index contributed by atoms with van der Waals surface area (Å²) in [6, 6.07) is 0.347. The molecule has 0 aromatic heterocycles. The average molecular weight is 266 g/mol. The normalized spacial score (nSPS) is 37.8. The Kier molecular flexibility index (Phi) is 3.37. The largest absolute Gasteiger partial charge is 0.481 e. The molecule has 2 amide bonds. The molecule has 3 saturated carbocycles. The van der Waals surface area contributed by atoms with Crippen LogP contribution < -0.4 is 10.6 Å². The van der Waals surface area contributed by atoms with Gasteiger partial charge in [0.25, 0.3) is 0 Å². The van der Waals surface area contributed by atoms with Crippen LogP contribution in [-0.2, 0) is 4.79 Å². The van der Waals surface area contributed by atoms with Crippen molar-refractivity contribution in [1.29, 1.82) is 0 Å². The molecule has 4 unspecified atom stereocenters. The fraction of sp³-hybridized carbons (Fsp3) is 0.857. The van der Waals surface area contributed by atoms with Crippen molar-refractivity contribution >= 4 is 12.0 Å². The average Bonchev–Trinajstić information content (AvgIpc) is 2.76. The zero-order valence-corrected chi connectivity index (χ0v) is 11.1. The first-order valence-corrected chi connectivity index (χ1v) is 7.43. The van der Waals surface area contributed by atoms with Crippen LogP contribution in [0.2, 0.25) is 0 Å². The third kappa shape index (κ3) is 2.55. The first kappa shape index (κ1) is 12.8. The van der Waals surface area contributed by atoms with Gasteiger partial charge in [-0.3, -0.25) is 4.79 Å². The molecule has 0 heterocycles. The number of carbonyl (C=O) groups is 2. The van der Waals surface area contributed by atoms with Crippen LogP contribution in [0.25, 0.3) is 0 Å². The number of fused-ring (bicyclic) bond motifs is 5. The second-order valence-corrected chi connectivity index (χ2v) is 6.26. The molecule has 2 bridgehead atoms. The van der Waals surface area contributed by atoms with Gasteiger partial charge in [-0.05, 0) is 55.8 Å². The molecule has 3 rings (SSSR count). The van der Waals surface area contributed by atoms with E-state index in [-0.39, 0.29) is 12.5 Å². The lowest BCUT2D eigenvalue weighted by atomic mass is 10.0. The van der Waals surface area contributed by atoms with Gasteiger partial charge in [0.1, 0.15) is 0 Å². The van der Waals surface area contributed by atoms with Crippen LogP contribution in [0.15, 0.2) is 0 Å². The first-order valence-electron chi connectivity index (χ1n) is 7.43. The highest BCUT2D eigenvalue weighted by atomic mass is 16.4. The minimum Gasteiger partial charge on any atom is -0.481 e. The molecule has 0 saturated heterocycles. The number of unbranched alkanes of at least 4 members (excludes halogenated alkanes) is 1. The summed E-state index contributed by atoms with van der Waals surface area (Å²) in [7, 11) is 0. The minimum absolute atomic E-state index is 0.0749. The van der Waals surface area contributed by atoms with E-state index >= 15 is 0 Å². The van der Waals surface area contributed by atoms with Gasteiger partial charge in [-0.25, -0.2) is 4.79 Å². The van der Waals surface area contributed by atoms with Gasteiger partial charge in [0.05, 0.1) is 0 Å². The lowest BCUT2D eigenvalue weighted by molar-refractivity contribution is -0.137. The van der Waals surface area contributed by atoms with Crippen LogP contribution in [-0.4, -0.2) is 29.7 Å². The Morgan fingerprint density at radius 2 is 1.79 bits per heavy atom. The van der Waals surface area contributed by atoms with Gasteiger partial charge in [-0.2, -0.15) is 0 Å². The van der Waals surface area contributed by atoms with Crippen LogP contribution in [0, 0.1) is 23.7 Å². The summed E-state index contributed by atoms with van der Waals surface area (Å²) < 4.78 is 0. The van der Waals surface area contributed by atoms with Crippen LogP contribution >= 0.6 is 0 Å². The molecule has 3 aliphatic carbocycles. The number of aliphatic carboxylic acids is 1. The van der Waals surface area contributed by atoms with E-state index in [1.165, 1.54) is 19.3 Å². The Labute approximate surface area is 113 Å². The Hall–Kier alpha value is -1.26. The number of amides is 2. The third-order valence-electron chi connectivity index (χ3n) is 5.14. The molecule has 4 atom stereocenters. The molecule has 3 aliphatic rings. The zero-order valence-electron chi connectivity index (χ0n) is 11.1. The van der Waals surface area contributed by atoms with Gasteiger partial charge in [-0.15, -0.1) is 0 Å². The van der Waals surface area contributed by atoms with Gasteiger partial charge in [0.2, 0.25) is 0 Å². The fourth-order valence-electron chi connectivity index (χ4n) is 4.32. The second-order valence-electron chi connectivity index (χ2n) is 6.26. The predicted octanol–water partition coefficient (Wildman–Crippen LogP) is 1.58. The lowest BCUT2D eigenvalue weighted by Crippen LogP contribution is -2.39. The fourth-order valence-corrected chi connectivity index (χ4v) is 4.32. The summed E-state index contributed by atoms with van der Waals surface area (Å²) >= 11 is 0. The highest BCUT2D eigenvalue weighted by Crippen LogP contribution is 2.65. The van der Waals surface area contributed by atoms with Crippen LogP contribution in [0.1, 0.15) is 38.5 Å². The Morgan fingerprint density at radius 1 is 1.11 bits per heavy atom. The summed E-state index contributed by atoms with van der Waals surface area (Å²) in [6.45, 7) is 0.564. The zero-order chi connectivity index (χ0) is 13.4. The summed E-state index contributed by atoms with van der Waals surface area (Å²) in [4.78, 5) is 22.0. The van der Waals surface area contributed by atoms with Crippen molar-refractivity contribution in [2.75, 3.05) is 6.54 Å². The van der Waals surface area contributed by atoms with Gasteiger partial charge < -0.3 is 15.7 Å². The Morgan fingerprint density at radius 3 is 2.42 bits per heavy atom. The molecule has 0 aromatic carbocycles. The molecule has 19 heavy (non-hydrogen) atoms. The van der Waals surface area contributed by atoms with Crippen molar-refractivity contribution in [3.63, 3.8) is 0 Å². The topological polar surface area (TPSA) is 78.4 Å². The molecule has 3 N–H and O–H groups in total. The smallest absolute Gasteiger partial charge is 0.315 e. The predicted molar refractivity (Wildman–Crippen MR) is 69.6 cm³/mol. The molecule has 5 heteroatoms. The molecular formula is C14H22N2O3. The molecular weight excluding hydrogens is 244 g/mol. The highest BCUT2D eigenvalue weighted by Gasteiger charge is 2.65. The molecule has 106 valence electrons. The van der Waals surface area contributed by atoms with E-state index in [0.717, 1.165) is 30.1 Å². The second kappa shape index (κ2) is 5.02. The van der Waals surface area contributed by atoms with Crippen molar-refractivity contribution in [1.82, 2.24) is 10.6 Å². The molecule has 0 aliphatic heterocycles. The number of urea groups is 1. The number of carbonyl (C=O) groups excluding carboxylic acids is 1. The molecule has 5 nitrogen and oxygen atoms in total. The Bertz CT molecular complexity index is 369. The number of carboxylic acids is 1. The maximum Gasteiger partial charge on any atom is 0.315 e.